The third-order valence-electron chi connectivity index (χ3n) is 4.04. The topological polar surface area (TPSA) is 93.7 Å². The van der Waals surface area contributed by atoms with Gasteiger partial charge in [-0.25, -0.2) is 8.42 Å². The molecule has 7 nitrogen and oxygen atoms in total. The van der Waals surface area contributed by atoms with Crippen molar-refractivity contribution < 1.29 is 22.7 Å². The second-order valence-electron chi connectivity index (χ2n) is 6.47. The van der Waals surface area contributed by atoms with Gasteiger partial charge in [-0.05, 0) is 55.8 Å². The Balaban J connectivity index is 2.02. The number of sulfonamides is 1. The number of benzene rings is 2. The molecule has 2 aromatic carbocycles. The first kappa shape index (κ1) is 22.8. The van der Waals surface area contributed by atoms with Crippen molar-refractivity contribution >= 4 is 33.2 Å². The van der Waals surface area contributed by atoms with Gasteiger partial charge in [0.1, 0.15) is 11.5 Å². The summed E-state index contributed by atoms with van der Waals surface area (Å²) in [6.07, 6.45) is 1.84. The minimum atomic E-state index is -3.84. The highest BCUT2D eigenvalue weighted by molar-refractivity contribution is 7.92. The molecule has 2 rings (SSSR count). The van der Waals surface area contributed by atoms with E-state index in [0.717, 1.165) is 12.8 Å². The molecule has 158 valence electrons. The largest absolute Gasteiger partial charge is 0.497 e. The van der Waals surface area contributed by atoms with Crippen LogP contribution in [-0.2, 0) is 14.8 Å². The Labute approximate surface area is 176 Å². The zero-order valence-corrected chi connectivity index (χ0v) is 18.1. The summed E-state index contributed by atoms with van der Waals surface area (Å²) in [7, 11) is -2.31. The minimum Gasteiger partial charge on any atom is -0.497 e. The third-order valence-corrected chi connectivity index (χ3v) is 5.72. The minimum absolute atomic E-state index is 0.0216. The van der Waals surface area contributed by atoms with Gasteiger partial charge in [0.05, 0.1) is 17.0 Å². The Hall–Kier alpha value is -2.45. The number of carbonyl (C=O) groups excluding carboxylic acids is 1. The van der Waals surface area contributed by atoms with Crippen LogP contribution in [0.5, 0.6) is 11.5 Å². The van der Waals surface area contributed by atoms with Gasteiger partial charge in [-0.2, -0.15) is 0 Å². The van der Waals surface area contributed by atoms with E-state index in [2.05, 4.69) is 10.0 Å². The van der Waals surface area contributed by atoms with Crippen molar-refractivity contribution in [3.8, 4) is 11.5 Å². The van der Waals surface area contributed by atoms with E-state index < -0.39 is 10.0 Å². The molecule has 0 aliphatic carbocycles. The number of anilines is 1. The summed E-state index contributed by atoms with van der Waals surface area (Å²) in [5.41, 5.74) is 0.389. The number of rotatable bonds is 10. The Morgan fingerprint density at radius 2 is 1.86 bits per heavy atom. The molecule has 0 radical (unpaired) electrons. The van der Waals surface area contributed by atoms with Gasteiger partial charge in [-0.1, -0.05) is 24.9 Å². The summed E-state index contributed by atoms with van der Waals surface area (Å²) in [5.74, 6) is 0.582. The summed E-state index contributed by atoms with van der Waals surface area (Å²) in [6, 6.07) is 10.6. The van der Waals surface area contributed by atoms with Crippen LogP contribution in [0.2, 0.25) is 5.02 Å². The van der Waals surface area contributed by atoms with Crippen LogP contribution in [0.1, 0.15) is 26.7 Å². The van der Waals surface area contributed by atoms with E-state index in [4.69, 9.17) is 21.1 Å². The van der Waals surface area contributed by atoms with Crippen molar-refractivity contribution in [1.82, 2.24) is 5.32 Å². The highest BCUT2D eigenvalue weighted by atomic mass is 35.5. The number of amides is 1. The highest BCUT2D eigenvalue weighted by Gasteiger charge is 2.17. The van der Waals surface area contributed by atoms with Crippen LogP contribution in [0.15, 0.2) is 47.4 Å². The van der Waals surface area contributed by atoms with Gasteiger partial charge in [0, 0.05) is 11.7 Å². The SMILES string of the molecule is CCC[C@@H](C)NC(=O)COc1ccc(S(=O)(=O)Nc2ccc(OC)cc2)cc1Cl. The molecule has 9 heteroatoms. The van der Waals surface area contributed by atoms with Crippen molar-refractivity contribution in [1.29, 1.82) is 0 Å². The lowest BCUT2D eigenvalue weighted by Gasteiger charge is -2.14. The van der Waals surface area contributed by atoms with E-state index in [1.165, 1.54) is 25.3 Å². The van der Waals surface area contributed by atoms with Crippen LogP contribution in [0, 0.1) is 0 Å². The number of hydrogen-bond acceptors (Lipinski definition) is 5. The van der Waals surface area contributed by atoms with Crippen molar-refractivity contribution in [2.45, 2.75) is 37.6 Å². The fourth-order valence-electron chi connectivity index (χ4n) is 2.60. The average Bonchev–Trinajstić information content (AvgIpc) is 2.67. The summed E-state index contributed by atoms with van der Waals surface area (Å²) < 4.78 is 38.1. The predicted molar refractivity (Wildman–Crippen MR) is 113 cm³/mol. The molecule has 0 aliphatic rings. The summed E-state index contributed by atoms with van der Waals surface area (Å²) in [5, 5.41) is 2.91. The molecule has 0 fully saturated rings. The van der Waals surface area contributed by atoms with Gasteiger partial charge in [0.25, 0.3) is 15.9 Å². The number of hydrogen-bond donors (Lipinski definition) is 2. The Morgan fingerprint density at radius 3 is 2.45 bits per heavy atom. The van der Waals surface area contributed by atoms with Crippen LogP contribution in [0.4, 0.5) is 5.69 Å². The molecule has 0 saturated heterocycles. The smallest absolute Gasteiger partial charge is 0.261 e. The molecule has 0 heterocycles. The molecule has 0 unspecified atom stereocenters. The van der Waals surface area contributed by atoms with Gasteiger partial charge in [-0.15, -0.1) is 0 Å². The Bertz CT molecular complexity index is 932. The van der Waals surface area contributed by atoms with Gasteiger partial charge in [0.2, 0.25) is 0 Å². The lowest BCUT2D eigenvalue weighted by molar-refractivity contribution is -0.123. The normalized spacial score (nSPS) is 12.1. The summed E-state index contributed by atoms with van der Waals surface area (Å²) in [4.78, 5) is 11.9. The molecule has 0 saturated carbocycles. The molecule has 1 atom stereocenters. The number of halogens is 1. The second kappa shape index (κ2) is 10.4. The van der Waals surface area contributed by atoms with E-state index in [0.29, 0.717) is 11.4 Å². The Kier molecular flexibility index (Phi) is 8.16. The first-order valence-electron chi connectivity index (χ1n) is 9.13. The summed E-state index contributed by atoms with van der Waals surface area (Å²) >= 11 is 6.15. The van der Waals surface area contributed by atoms with Gasteiger partial charge in [-0.3, -0.25) is 9.52 Å². The monoisotopic (exact) mass is 440 g/mol. The van der Waals surface area contributed by atoms with E-state index in [1.807, 2.05) is 13.8 Å². The fraction of sp³-hybridized carbons (Fsp3) is 0.350. The van der Waals surface area contributed by atoms with Crippen LogP contribution in [0.3, 0.4) is 0 Å². The van der Waals surface area contributed by atoms with Gasteiger partial charge >= 0.3 is 0 Å². The number of ether oxygens (including phenoxy) is 2. The quantitative estimate of drug-likeness (QED) is 0.585. The van der Waals surface area contributed by atoms with Crippen molar-refractivity contribution in [2.24, 2.45) is 0 Å². The van der Waals surface area contributed by atoms with Crippen LogP contribution < -0.4 is 19.5 Å². The molecular weight excluding hydrogens is 416 g/mol. The molecule has 0 aromatic heterocycles. The molecular formula is C20H25ClN2O5S. The lowest BCUT2D eigenvalue weighted by Crippen LogP contribution is -2.35. The molecule has 0 bridgehead atoms. The Morgan fingerprint density at radius 1 is 1.17 bits per heavy atom. The van der Waals surface area contributed by atoms with Crippen molar-refractivity contribution in [3.63, 3.8) is 0 Å². The maximum absolute atomic E-state index is 12.6. The van der Waals surface area contributed by atoms with Crippen molar-refractivity contribution in [2.75, 3.05) is 18.4 Å². The number of nitrogens with one attached hydrogen (secondary N) is 2. The second-order valence-corrected chi connectivity index (χ2v) is 8.56. The molecule has 2 N–H and O–H groups in total. The molecule has 0 aliphatic heterocycles. The maximum Gasteiger partial charge on any atom is 0.261 e. The molecule has 29 heavy (non-hydrogen) atoms. The summed E-state index contributed by atoms with van der Waals surface area (Å²) in [6.45, 7) is 3.76. The highest BCUT2D eigenvalue weighted by Crippen LogP contribution is 2.28. The van der Waals surface area contributed by atoms with Crippen LogP contribution >= 0.6 is 11.6 Å². The predicted octanol–water partition coefficient (Wildman–Crippen LogP) is 3.83. The lowest BCUT2D eigenvalue weighted by atomic mass is 10.2. The zero-order chi connectivity index (χ0) is 21.4. The number of carbonyl (C=O) groups is 1. The first-order valence-corrected chi connectivity index (χ1v) is 11.0. The van der Waals surface area contributed by atoms with E-state index in [1.54, 1.807) is 24.3 Å². The zero-order valence-electron chi connectivity index (χ0n) is 16.6. The maximum atomic E-state index is 12.6. The van der Waals surface area contributed by atoms with Gasteiger partial charge < -0.3 is 14.8 Å². The third kappa shape index (κ3) is 6.83. The molecule has 0 spiro atoms. The van der Waals surface area contributed by atoms with E-state index in [-0.39, 0.29) is 34.2 Å². The van der Waals surface area contributed by atoms with Gasteiger partial charge in [0.15, 0.2) is 6.61 Å². The van der Waals surface area contributed by atoms with Crippen molar-refractivity contribution in [3.05, 3.63) is 47.5 Å². The molecule has 2 aromatic rings. The van der Waals surface area contributed by atoms with Crippen LogP contribution in [-0.4, -0.2) is 34.1 Å². The van der Waals surface area contributed by atoms with E-state index in [9.17, 15) is 13.2 Å². The van der Waals surface area contributed by atoms with E-state index >= 15 is 0 Å². The number of methoxy groups -OCH3 is 1. The standard InChI is InChI=1S/C20H25ClN2O5S/c1-4-5-14(2)22-20(24)13-28-19-11-10-17(12-18(19)21)29(25,26)23-15-6-8-16(27-3)9-7-15/h6-12,14,23H,4-5,13H2,1-3H3,(H,22,24)/t14-/m1/s1. The first-order chi connectivity index (χ1) is 13.7. The molecule has 1 amide bonds. The van der Waals surface area contributed by atoms with Crippen LogP contribution in [0.25, 0.3) is 0 Å². The fourth-order valence-corrected chi connectivity index (χ4v) is 3.99. The average molecular weight is 441 g/mol.